The Hall–Kier alpha value is -2.47. The number of anilines is 1. The van der Waals surface area contributed by atoms with E-state index in [1.807, 2.05) is 55.5 Å². The molecular weight excluding hydrogens is 370 g/mol. The minimum absolute atomic E-state index is 0.0769. The Morgan fingerprint density at radius 2 is 1.83 bits per heavy atom. The number of carbonyl (C=O) groups excluding carboxylic acids is 2. The first-order valence-corrected chi connectivity index (χ1v) is 8.27. The fourth-order valence-electron chi connectivity index (χ4n) is 1.97. The molecule has 0 saturated heterocycles. The van der Waals surface area contributed by atoms with Crippen LogP contribution in [0.5, 0.6) is 0 Å². The summed E-state index contributed by atoms with van der Waals surface area (Å²) in [7, 11) is 0. The van der Waals surface area contributed by atoms with Crippen molar-refractivity contribution in [1.82, 2.24) is 5.43 Å². The Morgan fingerprint density at radius 3 is 2.58 bits per heavy atom. The van der Waals surface area contributed by atoms with E-state index in [4.69, 9.17) is 0 Å². The second-order valence-electron chi connectivity index (χ2n) is 5.21. The molecule has 0 aromatic heterocycles. The maximum atomic E-state index is 11.9. The van der Waals surface area contributed by atoms with E-state index in [1.54, 1.807) is 6.21 Å². The fourth-order valence-corrected chi connectivity index (χ4v) is 2.39. The van der Waals surface area contributed by atoms with E-state index in [2.05, 4.69) is 31.8 Å². The molecule has 5 nitrogen and oxygen atoms in total. The van der Waals surface area contributed by atoms with Crippen LogP contribution < -0.4 is 10.7 Å². The molecule has 24 heavy (non-hydrogen) atoms. The second-order valence-corrected chi connectivity index (χ2v) is 6.13. The smallest absolute Gasteiger partial charge is 0.240 e. The van der Waals surface area contributed by atoms with E-state index in [0.717, 1.165) is 21.3 Å². The third kappa shape index (κ3) is 5.96. The molecule has 0 atom stereocenters. The topological polar surface area (TPSA) is 70.6 Å². The Balaban J connectivity index is 1.75. The van der Waals surface area contributed by atoms with Gasteiger partial charge in [-0.1, -0.05) is 46.3 Å². The first kappa shape index (κ1) is 17.9. The molecule has 0 unspecified atom stereocenters. The second kappa shape index (κ2) is 8.98. The molecule has 0 heterocycles. The van der Waals surface area contributed by atoms with Gasteiger partial charge in [0.1, 0.15) is 0 Å². The van der Waals surface area contributed by atoms with Crippen LogP contribution in [0.3, 0.4) is 0 Å². The average Bonchev–Trinajstić information content (AvgIpc) is 2.55. The van der Waals surface area contributed by atoms with E-state index >= 15 is 0 Å². The number of benzene rings is 2. The Labute approximate surface area is 149 Å². The Kier molecular flexibility index (Phi) is 6.69. The van der Waals surface area contributed by atoms with Gasteiger partial charge < -0.3 is 5.32 Å². The normalized spacial score (nSPS) is 10.6. The summed E-state index contributed by atoms with van der Waals surface area (Å²) in [6.07, 6.45) is 1.73. The third-order valence-corrected chi connectivity index (χ3v) is 3.74. The van der Waals surface area contributed by atoms with Crippen LogP contribution in [-0.4, -0.2) is 18.0 Å². The van der Waals surface area contributed by atoms with Crippen LogP contribution in [0.15, 0.2) is 58.1 Å². The van der Waals surface area contributed by atoms with Crippen LogP contribution in [0.1, 0.15) is 24.0 Å². The van der Waals surface area contributed by atoms with Crippen LogP contribution >= 0.6 is 15.9 Å². The number of para-hydroxylation sites is 1. The molecule has 2 aromatic rings. The molecule has 0 saturated carbocycles. The van der Waals surface area contributed by atoms with Crippen molar-refractivity contribution in [2.75, 3.05) is 5.32 Å². The standard InChI is InChI=1S/C18H18BrN3O2/c1-13-5-2-3-8-16(13)21-17(23)9-10-18(24)22-20-12-14-6-4-7-15(19)11-14/h2-8,11-12H,9-10H2,1H3,(H,21,23)(H,22,24). The summed E-state index contributed by atoms with van der Waals surface area (Å²) in [5, 5.41) is 6.67. The molecule has 124 valence electrons. The lowest BCUT2D eigenvalue weighted by Gasteiger charge is -2.07. The molecule has 0 bridgehead atoms. The molecule has 2 amide bonds. The molecule has 6 heteroatoms. The van der Waals surface area contributed by atoms with Crippen LogP contribution in [0, 0.1) is 6.92 Å². The molecule has 0 spiro atoms. The van der Waals surface area contributed by atoms with E-state index < -0.39 is 0 Å². The van der Waals surface area contributed by atoms with Gasteiger partial charge in [-0.15, -0.1) is 0 Å². The van der Waals surface area contributed by atoms with E-state index in [9.17, 15) is 9.59 Å². The summed E-state index contributed by atoms with van der Waals surface area (Å²) in [4.78, 5) is 23.6. The summed E-state index contributed by atoms with van der Waals surface area (Å²) in [6.45, 7) is 1.92. The number of rotatable bonds is 6. The number of hydrogen-bond acceptors (Lipinski definition) is 3. The van der Waals surface area contributed by atoms with Gasteiger partial charge in [0, 0.05) is 23.0 Å². The summed E-state index contributed by atoms with van der Waals surface area (Å²) >= 11 is 3.36. The van der Waals surface area contributed by atoms with E-state index in [0.29, 0.717) is 0 Å². The lowest BCUT2D eigenvalue weighted by atomic mass is 10.2. The number of carbonyl (C=O) groups is 2. The molecule has 0 radical (unpaired) electrons. The average molecular weight is 388 g/mol. The van der Waals surface area contributed by atoms with Gasteiger partial charge in [-0.2, -0.15) is 5.10 Å². The molecular formula is C18H18BrN3O2. The largest absolute Gasteiger partial charge is 0.326 e. The van der Waals surface area contributed by atoms with E-state index in [-0.39, 0.29) is 24.7 Å². The third-order valence-electron chi connectivity index (χ3n) is 3.25. The van der Waals surface area contributed by atoms with Crippen molar-refractivity contribution in [3.8, 4) is 0 Å². The monoisotopic (exact) mass is 387 g/mol. The molecule has 2 aromatic carbocycles. The van der Waals surface area contributed by atoms with Gasteiger partial charge in [0.25, 0.3) is 0 Å². The van der Waals surface area contributed by atoms with Gasteiger partial charge in [0.05, 0.1) is 6.21 Å². The Morgan fingerprint density at radius 1 is 1.08 bits per heavy atom. The SMILES string of the molecule is Cc1ccccc1NC(=O)CCC(=O)NN=Cc1cccc(Br)c1. The minimum atomic E-state index is -0.304. The van der Waals surface area contributed by atoms with Gasteiger partial charge in [0.15, 0.2) is 0 Å². The molecule has 2 rings (SSSR count). The van der Waals surface area contributed by atoms with Crippen molar-refractivity contribution in [3.05, 3.63) is 64.1 Å². The van der Waals surface area contributed by atoms with Crippen molar-refractivity contribution >= 4 is 39.6 Å². The van der Waals surface area contributed by atoms with Gasteiger partial charge in [-0.05, 0) is 36.2 Å². The molecule has 2 N–H and O–H groups in total. The van der Waals surface area contributed by atoms with Crippen LogP contribution in [0.4, 0.5) is 5.69 Å². The maximum Gasteiger partial charge on any atom is 0.240 e. The zero-order chi connectivity index (χ0) is 17.4. The molecule has 0 aliphatic carbocycles. The number of amides is 2. The van der Waals surface area contributed by atoms with Crippen LogP contribution in [0.25, 0.3) is 0 Å². The zero-order valence-electron chi connectivity index (χ0n) is 13.3. The van der Waals surface area contributed by atoms with Crippen molar-refractivity contribution < 1.29 is 9.59 Å². The lowest BCUT2D eigenvalue weighted by Crippen LogP contribution is -2.20. The van der Waals surface area contributed by atoms with Gasteiger partial charge in [-0.3, -0.25) is 9.59 Å². The molecule has 0 aliphatic rings. The molecule has 0 fully saturated rings. The zero-order valence-corrected chi connectivity index (χ0v) is 14.8. The molecule has 0 aliphatic heterocycles. The first-order chi connectivity index (χ1) is 11.5. The highest BCUT2D eigenvalue weighted by Gasteiger charge is 2.07. The fraction of sp³-hybridized carbons (Fsp3) is 0.167. The quantitative estimate of drug-likeness (QED) is 0.586. The van der Waals surface area contributed by atoms with Crippen molar-refractivity contribution in [3.63, 3.8) is 0 Å². The maximum absolute atomic E-state index is 11.9. The highest BCUT2D eigenvalue weighted by atomic mass is 79.9. The lowest BCUT2D eigenvalue weighted by molar-refractivity contribution is -0.124. The van der Waals surface area contributed by atoms with Crippen molar-refractivity contribution in [1.29, 1.82) is 0 Å². The predicted octanol–water partition coefficient (Wildman–Crippen LogP) is 3.63. The predicted molar refractivity (Wildman–Crippen MR) is 98.9 cm³/mol. The summed E-state index contributed by atoms with van der Waals surface area (Å²) in [6, 6.07) is 15.0. The van der Waals surface area contributed by atoms with Crippen molar-refractivity contribution in [2.45, 2.75) is 19.8 Å². The summed E-state index contributed by atoms with van der Waals surface area (Å²) < 4.78 is 0.936. The van der Waals surface area contributed by atoms with Crippen LogP contribution in [0.2, 0.25) is 0 Å². The van der Waals surface area contributed by atoms with E-state index in [1.165, 1.54) is 0 Å². The summed E-state index contributed by atoms with van der Waals surface area (Å²) in [5.41, 5.74) is 5.02. The summed E-state index contributed by atoms with van der Waals surface area (Å²) in [5.74, 6) is -0.503. The van der Waals surface area contributed by atoms with Crippen molar-refractivity contribution in [2.24, 2.45) is 5.10 Å². The number of nitrogens with one attached hydrogen (secondary N) is 2. The number of hydrogen-bond donors (Lipinski definition) is 2. The number of nitrogens with zero attached hydrogens (tertiary/aromatic N) is 1. The number of hydrazone groups is 1. The number of aryl methyl sites for hydroxylation is 1. The minimum Gasteiger partial charge on any atom is -0.326 e. The first-order valence-electron chi connectivity index (χ1n) is 7.47. The van der Waals surface area contributed by atoms with Crippen LogP contribution in [-0.2, 0) is 9.59 Å². The highest BCUT2D eigenvalue weighted by molar-refractivity contribution is 9.10. The Bertz CT molecular complexity index is 759. The highest BCUT2D eigenvalue weighted by Crippen LogP contribution is 2.13. The van der Waals surface area contributed by atoms with Gasteiger partial charge in [-0.25, -0.2) is 5.43 Å². The van der Waals surface area contributed by atoms with Gasteiger partial charge in [0.2, 0.25) is 11.8 Å². The number of halogens is 1. The van der Waals surface area contributed by atoms with Gasteiger partial charge >= 0.3 is 0 Å².